The number of nitrogens with zero attached hydrogens (tertiary/aromatic N) is 4. The molecule has 0 aliphatic carbocycles. The summed E-state index contributed by atoms with van der Waals surface area (Å²) in [5, 5.41) is 3.01. The lowest BCUT2D eigenvalue weighted by atomic mass is 10.1. The molecular formula is C21H29N5O3. The van der Waals surface area contributed by atoms with Gasteiger partial charge in [-0.2, -0.15) is 0 Å². The number of nitrogens with one attached hydrogen (secondary N) is 1. The molecule has 1 N–H and O–H groups in total. The van der Waals surface area contributed by atoms with Crippen LogP contribution < -0.4 is 19.7 Å². The average molecular weight is 399 g/mol. The smallest absolute Gasteiger partial charge is 0.317 e. The van der Waals surface area contributed by atoms with Gasteiger partial charge in [-0.15, -0.1) is 0 Å². The molecule has 1 atom stereocenters. The molecule has 2 amide bonds. The molecule has 156 valence electrons. The molecule has 1 aliphatic heterocycles. The van der Waals surface area contributed by atoms with Crippen molar-refractivity contribution in [3.63, 3.8) is 0 Å². The van der Waals surface area contributed by atoms with Gasteiger partial charge >= 0.3 is 6.03 Å². The fourth-order valence-corrected chi connectivity index (χ4v) is 3.30. The van der Waals surface area contributed by atoms with Crippen molar-refractivity contribution in [2.24, 2.45) is 0 Å². The largest absolute Gasteiger partial charge is 0.497 e. The maximum atomic E-state index is 12.6. The summed E-state index contributed by atoms with van der Waals surface area (Å²) in [7, 11) is 5.46. The van der Waals surface area contributed by atoms with Crippen LogP contribution in [0.2, 0.25) is 0 Å². The first-order valence-electron chi connectivity index (χ1n) is 9.87. The third-order valence-corrected chi connectivity index (χ3v) is 4.86. The van der Waals surface area contributed by atoms with Crippen LogP contribution >= 0.6 is 0 Å². The summed E-state index contributed by atoms with van der Waals surface area (Å²) in [5.74, 6) is 2.02. The van der Waals surface area contributed by atoms with Gasteiger partial charge in [0.2, 0.25) is 0 Å². The van der Waals surface area contributed by atoms with Crippen LogP contribution in [0.1, 0.15) is 18.4 Å². The Kier molecular flexibility index (Phi) is 7.10. The highest BCUT2D eigenvalue weighted by Crippen LogP contribution is 2.24. The van der Waals surface area contributed by atoms with Gasteiger partial charge < -0.3 is 24.6 Å². The minimum Gasteiger partial charge on any atom is -0.497 e. The maximum Gasteiger partial charge on any atom is 0.317 e. The maximum absolute atomic E-state index is 12.6. The monoisotopic (exact) mass is 399 g/mol. The SMILES string of the molecule is COc1ccc(CCNC(=O)N2CCCC(Oc3nccnc3N(C)C)C2)cc1. The molecule has 8 heteroatoms. The number of piperidine rings is 1. The van der Waals surface area contributed by atoms with Crippen LogP contribution in [0.15, 0.2) is 36.7 Å². The molecule has 1 aromatic carbocycles. The van der Waals surface area contributed by atoms with Crippen molar-refractivity contribution < 1.29 is 14.3 Å². The minimum absolute atomic E-state index is 0.0567. The standard InChI is InChI=1S/C21H29N5O3/c1-25(2)19-20(23-13-12-22-19)29-18-5-4-14-26(15-18)21(27)24-11-10-16-6-8-17(28-3)9-7-16/h6-9,12-13,18H,4-5,10-11,14-15H2,1-3H3,(H,24,27). The summed E-state index contributed by atoms with van der Waals surface area (Å²) in [5.41, 5.74) is 1.16. The molecule has 0 saturated carbocycles. The van der Waals surface area contributed by atoms with E-state index in [1.807, 2.05) is 48.2 Å². The molecule has 1 fully saturated rings. The van der Waals surface area contributed by atoms with Crippen molar-refractivity contribution in [1.29, 1.82) is 0 Å². The van der Waals surface area contributed by atoms with Crippen LogP contribution in [0.25, 0.3) is 0 Å². The molecule has 1 aromatic heterocycles. The molecule has 2 heterocycles. The van der Waals surface area contributed by atoms with Crippen molar-refractivity contribution in [1.82, 2.24) is 20.2 Å². The lowest BCUT2D eigenvalue weighted by Crippen LogP contribution is -2.49. The number of methoxy groups -OCH3 is 1. The number of anilines is 1. The molecular weight excluding hydrogens is 370 g/mol. The van der Waals surface area contributed by atoms with Gasteiger partial charge in [0.1, 0.15) is 11.9 Å². The zero-order valence-corrected chi connectivity index (χ0v) is 17.3. The van der Waals surface area contributed by atoms with E-state index in [1.54, 1.807) is 19.5 Å². The topological polar surface area (TPSA) is 79.8 Å². The molecule has 1 unspecified atom stereocenters. The predicted molar refractivity (Wildman–Crippen MR) is 112 cm³/mol. The summed E-state index contributed by atoms with van der Waals surface area (Å²) in [4.78, 5) is 24.9. The van der Waals surface area contributed by atoms with Crippen LogP contribution in [0.5, 0.6) is 11.6 Å². The van der Waals surface area contributed by atoms with E-state index in [2.05, 4.69) is 15.3 Å². The Labute approximate surface area is 171 Å². The Balaban J connectivity index is 1.49. The normalized spacial score (nSPS) is 16.2. The van der Waals surface area contributed by atoms with E-state index in [0.717, 1.165) is 37.1 Å². The van der Waals surface area contributed by atoms with Crippen LogP contribution in [0, 0.1) is 0 Å². The zero-order valence-electron chi connectivity index (χ0n) is 17.3. The van der Waals surface area contributed by atoms with Crippen molar-refractivity contribution in [2.45, 2.75) is 25.4 Å². The minimum atomic E-state index is -0.0912. The second-order valence-corrected chi connectivity index (χ2v) is 7.24. The van der Waals surface area contributed by atoms with Gasteiger partial charge in [-0.1, -0.05) is 12.1 Å². The number of hydrogen-bond acceptors (Lipinski definition) is 6. The Bertz CT molecular complexity index is 797. The lowest BCUT2D eigenvalue weighted by Gasteiger charge is -2.33. The second-order valence-electron chi connectivity index (χ2n) is 7.24. The number of carbonyl (C=O) groups is 1. The summed E-state index contributed by atoms with van der Waals surface area (Å²) in [6.07, 6.45) is 5.73. The predicted octanol–water partition coefficient (Wildman–Crippen LogP) is 2.35. The van der Waals surface area contributed by atoms with Gasteiger partial charge in [0.05, 0.1) is 13.7 Å². The van der Waals surface area contributed by atoms with E-state index in [0.29, 0.717) is 24.8 Å². The first-order valence-corrected chi connectivity index (χ1v) is 9.87. The van der Waals surface area contributed by atoms with Crippen molar-refractivity contribution in [2.75, 3.05) is 45.7 Å². The highest BCUT2D eigenvalue weighted by molar-refractivity contribution is 5.74. The van der Waals surface area contributed by atoms with E-state index < -0.39 is 0 Å². The lowest BCUT2D eigenvalue weighted by molar-refractivity contribution is 0.0980. The number of benzene rings is 1. The quantitative estimate of drug-likeness (QED) is 0.770. The summed E-state index contributed by atoms with van der Waals surface area (Å²) >= 11 is 0. The van der Waals surface area contributed by atoms with Gasteiger partial charge in [-0.05, 0) is 37.0 Å². The van der Waals surface area contributed by atoms with Crippen LogP contribution in [-0.2, 0) is 6.42 Å². The van der Waals surface area contributed by atoms with Gasteiger partial charge in [0.15, 0.2) is 5.82 Å². The van der Waals surface area contributed by atoms with E-state index in [1.165, 1.54) is 0 Å². The first kappa shape index (κ1) is 20.7. The first-order chi connectivity index (χ1) is 14.1. The number of hydrogen-bond donors (Lipinski definition) is 1. The Hall–Kier alpha value is -3.03. The van der Waals surface area contributed by atoms with Crippen LogP contribution in [0.4, 0.5) is 10.6 Å². The molecule has 0 bridgehead atoms. The fourth-order valence-electron chi connectivity index (χ4n) is 3.30. The molecule has 2 aromatic rings. The van der Waals surface area contributed by atoms with Crippen LogP contribution in [0.3, 0.4) is 0 Å². The van der Waals surface area contributed by atoms with Gasteiger partial charge in [0.25, 0.3) is 5.88 Å². The molecule has 3 rings (SSSR count). The Morgan fingerprint density at radius 3 is 2.72 bits per heavy atom. The Morgan fingerprint density at radius 1 is 1.24 bits per heavy atom. The number of ether oxygens (including phenoxy) is 2. The summed E-state index contributed by atoms with van der Waals surface area (Å²) in [6.45, 7) is 1.86. The molecule has 0 radical (unpaired) electrons. The second kappa shape index (κ2) is 9.95. The van der Waals surface area contributed by atoms with Gasteiger partial charge in [0, 0.05) is 39.6 Å². The number of likely N-dealkylation sites (tertiary alicyclic amines) is 1. The Morgan fingerprint density at radius 2 is 2.00 bits per heavy atom. The molecule has 1 saturated heterocycles. The molecule has 8 nitrogen and oxygen atoms in total. The number of carbonyl (C=O) groups excluding carboxylic acids is 1. The highest BCUT2D eigenvalue weighted by Gasteiger charge is 2.26. The number of urea groups is 1. The van der Waals surface area contributed by atoms with E-state index in [-0.39, 0.29) is 12.1 Å². The average Bonchev–Trinajstić information content (AvgIpc) is 2.74. The number of aromatic nitrogens is 2. The van der Waals surface area contributed by atoms with E-state index in [4.69, 9.17) is 9.47 Å². The summed E-state index contributed by atoms with van der Waals surface area (Å²) in [6, 6.07) is 7.83. The third-order valence-electron chi connectivity index (χ3n) is 4.86. The molecule has 29 heavy (non-hydrogen) atoms. The number of amides is 2. The van der Waals surface area contributed by atoms with E-state index >= 15 is 0 Å². The summed E-state index contributed by atoms with van der Waals surface area (Å²) < 4.78 is 11.2. The van der Waals surface area contributed by atoms with Crippen molar-refractivity contribution in [3.8, 4) is 11.6 Å². The van der Waals surface area contributed by atoms with Crippen LogP contribution in [-0.4, -0.2) is 67.8 Å². The van der Waals surface area contributed by atoms with Gasteiger partial charge in [-0.25, -0.2) is 14.8 Å². The van der Waals surface area contributed by atoms with Crippen molar-refractivity contribution in [3.05, 3.63) is 42.2 Å². The number of rotatable bonds is 7. The zero-order chi connectivity index (χ0) is 20.6. The third kappa shape index (κ3) is 5.73. The van der Waals surface area contributed by atoms with Crippen molar-refractivity contribution >= 4 is 11.8 Å². The highest BCUT2D eigenvalue weighted by atomic mass is 16.5. The molecule has 0 spiro atoms. The fraction of sp³-hybridized carbons (Fsp3) is 0.476. The molecule has 1 aliphatic rings. The van der Waals surface area contributed by atoms with E-state index in [9.17, 15) is 4.79 Å². The van der Waals surface area contributed by atoms with Gasteiger partial charge in [-0.3, -0.25) is 0 Å².